The zero-order chi connectivity index (χ0) is 37.2. The Morgan fingerprint density at radius 3 is 2.22 bits per heavy atom. The number of carbonyl (C=O) groups is 3. The molecular formula is C38H49N3O8S2. The average Bonchev–Trinajstić information content (AvgIpc) is 3.21. The maximum Gasteiger partial charge on any atom is 0.306 e. The van der Waals surface area contributed by atoms with E-state index in [1.54, 1.807) is 13.0 Å². The Balaban J connectivity index is 1.68. The number of phenolic OH excluding ortho intramolecular Hbond substituents is 1. The number of Topliss-reactive ketones (excluding diaryl/α,β-unsaturated/α-hetero) is 1. The third kappa shape index (κ3) is 10.0. The number of anilines is 2. The van der Waals surface area contributed by atoms with Crippen molar-refractivity contribution < 1.29 is 37.8 Å². The van der Waals surface area contributed by atoms with E-state index in [0.29, 0.717) is 35.5 Å². The largest absolute Gasteiger partial charge is 0.508 e. The highest BCUT2D eigenvalue weighted by Crippen LogP contribution is 2.44. The molecule has 0 aliphatic carbocycles. The molecule has 0 fully saturated rings. The van der Waals surface area contributed by atoms with Gasteiger partial charge in [-0.25, -0.2) is 13.1 Å². The van der Waals surface area contributed by atoms with Crippen molar-refractivity contribution in [2.24, 2.45) is 5.92 Å². The van der Waals surface area contributed by atoms with Gasteiger partial charge in [0.25, 0.3) is 5.91 Å². The van der Waals surface area contributed by atoms with E-state index in [2.05, 4.69) is 28.8 Å². The fourth-order valence-electron chi connectivity index (χ4n) is 6.37. The van der Waals surface area contributed by atoms with Gasteiger partial charge >= 0.3 is 5.97 Å². The van der Waals surface area contributed by atoms with Crippen LogP contribution >= 0.6 is 11.8 Å². The lowest BCUT2D eigenvalue weighted by Crippen LogP contribution is -2.53. The molecule has 51 heavy (non-hydrogen) atoms. The molecule has 1 aliphatic heterocycles. The highest BCUT2D eigenvalue weighted by atomic mass is 32.2. The van der Waals surface area contributed by atoms with Crippen molar-refractivity contribution in [2.45, 2.75) is 93.5 Å². The molecule has 3 aromatic carbocycles. The normalized spacial score (nSPS) is 16.0. The van der Waals surface area contributed by atoms with Crippen molar-refractivity contribution in [1.82, 2.24) is 10.0 Å². The number of thioether (sulfide) groups is 1. The molecule has 1 unspecified atom stereocenters. The lowest BCUT2D eigenvalue weighted by atomic mass is 9.87. The summed E-state index contributed by atoms with van der Waals surface area (Å²) < 4.78 is 37.7. The number of rotatable bonds is 18. The van der Waals surface area contributed by atoms with Gasteiger partial charge in [-0.15, -0.1) is 11.8 Å². The first kappa shape index (κ1) is 39.7. The first-order valence-corrected chi connectivity index (χ1v) is 20.1. The number of phenols is 1. The molecule has 11 nitrogen and oxygen atoms in total. The van der Waals surface area contributed by atoms with E-state index in [-0.39, 0.29) is 29.2 Å². The Bertz CT molecular complexity index is 1760. The van der Waals surface area contributed by atoms with Crippen molar-refractivity contribution >= 4 is 50.8 Å². The first-order valence-electron chi connectivity index (χ1n) is 17.4. The first-order chi connectivity index (χ1) is 24.4. The molecule has 0 radical (unpaired) electrons. The number of ether oxygens (including phenoxy) is 1. The van der Waals surface area contributed by atoms with Crippen LogP contribution in [0.25, 0.3) is 0 Å². The predicted octanol–water partition coefficient (Wildman–Crippen LogP) is 6.97. The van der Waals surface area contributed by atoms with Crippen LogP contribution in [0.1, 0.15) is 83.7 Å². The van der Waals surface area contributed by atoms with E-state index in [1.165, 1.54) is 42.1 Å². The molecule has 276 valence electrons. The number of aromatic hydroxyl groups is 1. The molecule has 0 aromatic heterocycles. The summed E-state index contributed by atoms with van der Waals surface area (Å²) in [6.07, 6.45) is 6.65. The molecule has 1 heterocycles. The molecule has 0 spiro atoms. The van der Waals surface area contributed by atoms with Gasteiger partial charge in [-0.1, -0.05) is 76.8 Å². The van der Waals surface area contributed by atoms with Crippen LogP contribution in [0.5, 0.6) is 11.5 Å². The monoisotopic (exact) mass is 739 g/mol. The number of benzene rings is 3. The summed E-state index contributed by atoms with van der Waals surface area (Å²) in [4.78, 5) is 41.1. The van der Waals surface area contributed by atoms with Crippen LogP contribution in [-0.4, -0.2) is 61.2 Å². The minimum atomic E-state index is -4.06. The van der Waals surface area contributed by atoms with Gasteiger partial charge in [0.1, 0.15) is 22.4 Å². The van der Waals surface area contributed by atoms with E-state index in [4.69, 9.17) is 4.74 Å². The zero-order valence-corrected chi connectivity index (χ0v) is 31.3. The van der Waals surface area contributed by atoms with Gasteiger partial charge in [0, 0.05) is 24.7 Å². The van der Waals surface area contributed by atoms with E-state index in [9.17, 15) is 33.0 Å². The molecule has 1 aliphatic rings. The summed E-state index contributed by atoms with van der Waals surface area (Å²) in [5.74, 6) is -3.06. The van der Waals surface area contributed by atoms with Crippen molar-refractivity contribution in [3.63, 3.8) is 0 Å². The zero-order valence-electron chi connectivity index (χ0n) is 29.7. The Morgan fingerprint density at radius 2 is 1.65 bits per heavy atom. The van der Waals surface area contributed by atoms with Crippen LogP contribution in [0.4, 0.5) is 11.4 Å². The fraction of sp³-hybridized carbons (Fsp3) is 0.447. The summed E-state index contributed by atoms with van der Waals surface area (Å²) in [5.41, 5.74) is 1.02. The molecule has 0 bridgehead atoms. The minimum Gasteiger partial charge on any atom is -0.508 e. The van der Waals surface area contributed by atoms with Crippen LogP contribution in [0.2, 0.25) is 0 Å². The maximum absolute atomic E-state index is 14.3. The number of hydrogen-bond acceptors (Lipinski definition) is 9. The van der Waals surface area contributed by atoms with Crippen LogP contribution in [0.3, 0.4) is 0 Å². The second kappa shape index (κ2) is 17.9. The van der Waals surface area contributed by atoms with Crippen LogP contribution in [0.15, 0.2) is 76.5 Å². The van der Waals surface area contributed by atoms with Crippen molar-refractivity contribution in [1.29, 1.82) is 0 Å². The number of hydrogen-bond donors (Lipinski definition) is 4. The lowest BCUT2D eigenvalue weighted by molar-refractivity contribution is -0.144. The lowest BCUT2D eigenvalue weighted by Gasteiger charge is -2.37. The van der Waals surface area contributed by atoms with Crippen molar-refractivity contribution in [3.05, 3.63) is 72.3 Å². The van der Waals surface area contributed by atoms with E-state index >= 15 is 0 Å². The SMILES string of the molecule is CCCCC1(CCCC)CN(c2ccccc2)c2cc(SC)c(OCC(=O)NC(C(=O)C[C@@H](CC)C(=O)O)c3ccc(O)cc3)cc2S(=O)(=O)N1. The summed E-state index contributed by atoms with van der Waals surface area (Å²) in [7, 11) is -4.06. The number of amides is 1. The van der Waals surface area contributed by atoms with Gasteiger partial charge < -0.3 is 25.2 Å². The third-order valence-electron chi connectivity index (χ3n) is 9.22. The molecule has 4 rings (SSSR count). The molecule has 1 amide bonds. The number of nitrogens with zero attached hydrogens (tertiary/aromatic N) is 1. The number of carboxylic acids is 1. The van der Waals surface area contributed by atoms with E-state index in [0.717, 1.165) is 31.4 Å². The van der Waals surface area contributed by atoms with Gasteiger partial charge in [-0.2, -0.15) is 0 Å². The van der Waals surface area contributed by atoms with Gasteiger partial charge in [0.05, 0.1) is 22.0 Å². The second-order valence-corrected chi connectivity index (χ2v) is 15.5. The summed E-state index contributed by atoms with van der Waals surface area (Å²) >= 11 is 1.35. The summed E-state index contributed by atoms with van der Waals surface area (Å²) in [5, 5.41) is 22.0. The predicted molar refractivity (Wildman–Crippen MR) is 199 cm³/mol. The van der Waals surface area contributed by atoms with Gasteiger partial charge in [-0.3, -0.25) is 14.4 Å². The number of para-hydroxylation sites is 1. The number of fused-ring (bicyclic) bond motifs is 1. The number of aliphatic carboxylic acids is 1. The number of unbranched alkanes of at least 4 members (excludes halogenated alkanes) is 2. The van der Waals surface area contributed by atoms with Gasteiger partial charge in [0.2, 0.25) is 10.0 Å². The number of ketones is 1. The third-order valence-corrected chi connectivity index (χ3v) is 11.6. The quantitative estimate of drug-likeness (QED) is 0.100. The van der Waals surface area contributed by atoms with Gasteiger partial charge in [0.15, 0.2) is 12.4 Å². The molecule has 2 atom stereocenters. The molecule has 3 aromatic rings. The Hall–Kier alpha value is -4.07. The number of nitrogens with one attached hydrogen (secondary N) is 2. The number of sulfonamides is 1. The van der Waals surface area contributed by atoms with E-state index in [1.807, 2.05) is 36.6 Å². The molecule has 13 heteroatoms. The highest BCUT2D eigenvalue weighted by Gasteiger charge is 2.42. The topological polar surface area (TPSA) is 162 Å². The van der Waals surface area contributed by atoms with E-state index < -0.39 is 51.8 Å². The van der Waals surface area contributed by atoms with Crippen molar-refractivity contribution in [2.75, 3.05) is 24.3 Å². The second-order valence-electron chi connectivity index (χ2n) is 13.0. The summed E-state index contributed by atoms with van der Waals surface area (Å²) in [6, 6.07) is 17.5. The smallest absolute Gasteiger partial charge is 0.306 e. The standard InChI is InChI=1S/C38H49N3O8S2/c1-5-8-19-38(20-9-6-2)25-41(28-13-11-10-12-14-28)30-22-33(50-4)32(23-34(30)51(47,48)40-38)49-24-35(44)39-36(27-15-17-29(42)18-16-27)31(43)21-26(7-3)37(45)46/h10-18,22-23,26,36,40,42H,5-9,19-21,24-25H2,1-4H3,(H,39,44)(H,45,46)/t26-,36?/m1/s1. The van der Waals surface area contributed by atoms with Crippen molar-refractivity contribution in [3.8, 4) is 11.5 Å². The molecule has 0 saturated carbocycles. The molecule has 0 saturated heterocycles. The molecule has 4 N–H and O–H groups in total. The number of carbonyl (C=O) groups excluding carboxylic acids is 2. The number of carboxylic acid groups (broad SMARTS) is 1. The average molecular weight is 740 g/mol. The van der Waals surface area contributed by atoms with Crippen LogP contribution < -0.4 is 19.7 Å². The van der Waals surface area contributed by atoms with Gasteiger partial charge in [-0.05, 0) is 61.4 Å². The Morgan fingerprint density at radius 1 is 1.00 bits per heavy atom. The molecular weight excluding hydrogens is 691 g/mol. The Labute approximate surface area is 305 Å². The highest BCUT2D eigenvalue weighted by molar-refractivity contribution is 7.98. The fourth-order valence-corrected chi connectivity index (χ4v) is 8.58. The minimum absolute atomic E-state index is 0.0332. The maximum atomic E-state index is 14.3. The van der Waals surface area contributed by atoms with Crippen LogP contribution in [-0.2, 0) is 24.4 Å². The summed E-state index contributed by atoms with van der Waals surface area (Å²) in [6.45, 7) is 5.74. The van der Waals surface area contributed by atoms with Crippen LogP contribution in [0, 0.1) is 5.92 Å². The Kier molecular flexibility index (Phi) is 14.0.